The fraction of sp³-hybridized carbons (Fsp3) is 0.100. The number of nitro groups is 1. The van der Waals surface area contributed by atoms with Crippen molar-refractivity contribution >= 4 is 11.9 Å². The van der Waals surface area contributed by atoms with E-state index in [9.17, 15) is 14.9 Å². The Kier molecular flexibility index (Phi) is 3.12. The molecule has 0 radical (unpaired) electrons. The fourth-order valence-corrected chi connectivity index (χ4v) is 0.976. The Labute approximate surface area is 81.0 Å². The molecule has 0 atom stereocenters. The Bertz CT molecular complexity index is 379. The van der Waals surface area contributed by atoms with Crippen LogP contribution in [-0.2, 0) is 0 Å². The summed E-state index contributed by atoms with van der Waals surface area (Å²) in [6.45, 7) is 1.47. The number of hydrogen-bond donors (Lipinski definition) is 0. The smallest absolute Gasteiger partial charge is 0.235 e. The molecule has 1 aromatic carbocycles. The highest BCUT2D eigenvalue weighted by atomic mass is 16.6. The van der Waals surface area contributed by atoms with Gasteiger partial charge in [0.15, 0.2) is 5.78 Å². The highest BCUT2D eigenvalue weighted by Gasteiger charge is 1.97. The predicted octanol–water partition coefficient (Wildman–Crippen LogP) is 2.14. The van der Waals surface area contributed by atoms with Crippen LogP contribution in [0, 0.1) is 10.1 Å². The summed E-state index contributed by atoms with van der Waals surface area (Å²) in [5.74, 6) is -0.0187. The summed E-state index contributed by atoms with van der Waals surface area (Å²) in [6.07, 6.45) is 2.24. The van der Waals surface area contributed by atoms with Crippen molar-refractivity contribution in [2.75, 3.05) is 0 Å². The molecule has 0 amide bonds. The molecule has 0 aliphatic heterocycles. The van der Waals surface area contributed by atoms with Gasteiger partial charge in [-0.15, -0.1) is 0 Å². The number of ketones is 1. The van der Waals surface area contributed by atoms with Crippen molar-refractivity contribution in [2.24, 2.45) is 0 Å². The molecule has 1 rings (SSSR count). The van der Waals surface area contributed by atoms with Gasteiger partial charge in [0.2, 0.25) is 6.20 Å². The highest BCUT2D eigenvalue weighted by molar-refractivity contribution is 5.94. The number of carbonyl (C=O) groups excluding carboxylic acids is 1. The van der Waals surface area contributed by atoms with Crippen molar-refractivity contribution in [2.45, 2.75) is 6.92 Å². The van der Waals surface area contributed by atoms with Crippen molar-refractivity contribution in [1.29, 1.82) is 0 Å². The van der Waals surface area contributed by atoms with Gasteiger partial charge in [-0.25, -0.2) is 0 Å². The standard InChI is InChI=1S/C10H9NO3/c1-8(12)10-4-2-9(3-5-10)6-7-11(13)14/h2-7H,1H3/b7-6-. The van der Waals surface area contributed by atoms with E-state index < -0.39 is 4.92 Å². The summed E-state index contributed by atoms with van der Waals surface area (Å²) in [5, 5.41) is 10.0. The van der Waals surface area contributed by atoms with Crippen LogP contribution in [0.2, 0.25) is 0 Å². The van der Waals surface area contributed by atoms with E-state index in [1.54, 1.807) is 24.3 Å². The Morgan fingerprint density at radius 3 is 2.36 bits per heavy atom. The maximum Gasteiger partial charge on any atom is 0.235 e. The fourth-order valence-electron chi connectivity index (χ4n) is 0.976. The van der Waals surface area contributed by atoms with Crippen molar-refractivity contribution < 1.29 is 9.72 Å². The van der Waals surface area contributed by atoms with E-state index in [1.807, 2.05) is 0 Å². The molecule has 0 aliphatic rings. The van der Waals surface area contributed by atoms with Crippen LogP contribution in [0.25, 0.3) is 6.08 Å². The number of carbonyl (C=O) groups is 1. The van der Waals surface area contributed by atoms with Crippen LogP contribution >= 0.6 is 0 Å². The molecular weight excluding hydrogens is 182 g/mol. The minimum Gasteiger partial charge on any atom is -0.295 e. The van der Waals surface area contributed by atoms with Gasteiger partial charge >= 0.3 is 0 Å². The van der Waals surface area contributed by atoms with Gasteiger partial charge in [0.25, 0.3) is 0 Å². The van der Waals surface area contributed by atoms with Crippen LogP contribution in [0.1, 0.15) is 22.8 Å². The van der Waals surface area contributed by atoms with E-state index in [4.69, 9.17) is 0 Å². The lowest BCUT2D eigenvalue weighted by atomic mass is 10.1. The number of nitrogens with zero attached hydrogens (tertiary/aromatic N) is 1. The van der Waals surface area contributed by atoms with E-state index in [0.717, 1.165) is 6.20 Å². The summed E-state index contributed by atoms with van der Waals surface area (Å²) in [6, 6.07) is 6.61. The lowest BCUT2D eigenvalue weighted by Crippen LogP contribution is -1.90. The zero-order valence-electron chi connectivity index (χ0n) is 7.64. The number of rotatable bonds is 3. The van der Waals surface area contributed by atoms with Crippen LogP contribution in [0.3, 0.4) is 0 Å². The third kappa shape index (κ3) is 2.82. The SMILES string of the molecule is CC(=O)c1ccc(/C=C\[N+](=O)[O-])cc1. The van der Waals surface area contributed by atoms with E-state index in [2.05, 4.69) is 0 Å². The van der Waals surface area contributed by atoms with Gasteiger partial charge in [-0.1, -0.05) is 24.3 Å². The Balaban J connectivity index is 2.83. The van der Waals surface area contributed by atoms with Gasteiger partial charge in [-0.3, -0.25) is 14.9 Å². The van der Waals surface area contributed by atoms with E-state index >= 15 is 0 Å². The molecule has 14 heavy (non-hydrogen) atoms. The lowest BCUT2D eigenvalue weighted by Gasteiger charge is -1.95. The largest absolute Gasteiger partial charge is 0.295 e. The summed E-state index contributed by atoms with van der Waals surface area (Å²) in [5.41, 5.74) is 1.30. The zero-order valence-corrected chi connectivity index (χ0v) is 7.64. The molecule has 0 fully saturated rings. The monoisotopic (exact) mass is 191 g/mol. The molecule has 0 N–H and O–H groups in total. The predicted molar refractivity (Wildman–Crippen MR) is 52.5 cm³/mol. The maximum atomic E-state index is 10.9. The summed E-state index contributed by atoms with van der Waals surface area (Å²) < 4.78 is 0. The van der Waals surface area contributed by atoms with Crippen LogP contribution in [0.5, 0.6) is 0 Å². The van der Waals surface area contributed by atoms with Gasteiger partial charge in [-0.05, 0) is 12.5 Å². The first-order valence-electron chi connectivity index (χ1n) is 4.02. The molecule has 0 saturated carbocycles. The first-order chi connectivity index (χ1) is 6.59. The molecule has 0 heterocycles. The quantitative estimate of drug-likeness (QED) is 0.417. The van der Waals surface area contributed by atoms with Crippen LogP contribution in [0.15, 0.2) is 30.5 Å². The van der Waals surface area contributed by atoms with Crippen molar-refractivity contribution in [1.82, 2.24) is 0 Å². The first-order valence-corrected chi connectivity index (χ1v) is 4.02. The van der Waals surface area contributed by atoms with E-state index in [1.165, 1.54) is 13.0 Å². The number of Topliss-reactive ketones (excluding diaryl/α,β-unsaturated/α-hetero) is 1. The number of benzene rings is 1. The van der Waals surface area contributed by atoms with Crippen molar-refractivity contribution in [3.05, 3.63) is 51.7 Å². The topological polar surface area (TPSA) is 60.2 Å². The van der Waals surface area contributed by atoms with E-state index in [-0.39, 0.29) is 5.78 Å². The van der Waals surface area contributed by atoms with Crippen LogP contribution in [0.4, 0.5) is 0 Å². The molecule has 0 aliphatic carbocycles. The molecule has 4 nitrogen and oxygen atoms in total. The lowest BCUT2D eigenvalue weighted by molar-refractivity contribution is -0.400. The zero-order chi connectivity index (χ0) is 10.6. The van der Waals surface area contributed by atoms with E-state index in [0.29, 0.717) is 11.1 Å². The Morgan fingerprint density at radius 1 is 1.36 bits per heavy atom. The molecule has 1 aromatic rings. The van der Waals surface area contributed by atoms with Crippen molar-refractivity contribution in [3.8, 4) is 0 Å². The second-order valence-corrected chi connectivity index (χ2v) is 2.78. The minimum atomic E-state index is -0.529. The average Bonchev–Trinajstić information content (AvgIpc) is 2.15. The summed E-state index contributed by atoms with van der Waals surface area (Å²) in [7, 11) is 0. The third-order valence-electron chi connectivity index (χ3n) is 1.71. The second kappa shape index (κ2) is 4.32. The molecule has 0 bridgehead atoms. The Hall–Kier alpha value is -1.97. The van der Waals surface area contributed by atoms with Crippen molar-refractivity contribution in [3.63, 3.8) is 0 Å². The van der Waals surface area contributed by atoms with Gasteiger partial charge in [-0.2, -0.15) is 0 Å². The normalized spacial score (nSPS) is 10.4. The molecular formula is C10H9NO3. The van der Waals surface area contributed by atoms with Gasteiger partial charge < -0.3 is 0 Å². The molecule has 72 valence electrons. The summed E-state index contributed by atoms with van der Waals surface area (Å²) in [4.78, 5) is 20.4. The molecule has 4 heteroatoms. The van der Waals surface area contributed by atoms with Gasteiger partial charge in [0, 0.05) is 11.6 Å². The first kappa shape index (κ1) is 10.1. The highest BCUT2D eigenvalue weighted by Crippen LogP contribution is 2.06. The average molecular weight is 191 g/mol. The Morgan fingerprint density at radius 2 is 1.93 bits per heavy atom. The van der Waals surface area contributed by atoms with Gasteiger partial charge in [0.1, 0.15) is 0 Å². The molecule has 0 spiro atoms. The van der Waals surface area contributed by atoms with Crippen LogP contribution < -0.4 is 0 Å². The molecule has 0 aromatic heterocycles. The minimum absolute atomic E-state index is 0.0187. The second-order valence-electron chi connectivity index (χ2n) is 2.78. The molecule has 0 saturated heterocycles. The summed E-state index contributed by atoms with van der Waals surface area (Å²) >= 11 is 0. The maximum absolute atomic E-state index is 10.9. The van der Waals surface area contributed by atoms with Crippen LogP contribution in [-0.4, -0.2) is 10.7 Å². The molecule has 0 unspecified atom stereocenters. The third-order valence-corrected chi connectivity index (χ3v) is 1.71. The number of hydrogen-bond acceptors (Lipinski definition) is 3. The van der Waals surface area contributed by atoms with Gasteiger partial charge in [0.05, 0.1) is 4.92 Å².